The van der Waals surface area contributed by atoms with Crippen molar-refractivity contribution in [3.05, 3.63) is 68.6 Å². The number of hydrogen-bond donors (Lipinski definition) is 4. The third kappa shape index (κ3) is 8.96. The lowest BCUT2D eigenvalue weighted by Crippen LogP contribution is -2.54. The Hall–Kier alpha value is -3.07. The van der Waals surface area contributed by atoms with E-state index < -0.39 is 30.0 Å². The van der Waals surface area contributed by atoms with Gasteiger partial charge in [0.1, 0.15) is 23.8 Å². The summed E-state index contributed by atoms with van der Waals surface area (Å²) in [5, 5.41) is 33.1. The largest absolute Gasteiger partial charge is 0.493 e. The molecule has 4 N–H and O–H groups in total. The Morgan fingerprint density at radius 3 is 2.45 bits per heavy atom. The molecule has 228 valence electrons. The van der Waals surface area contributed by atoms with E-state index in [2.05, 4.69) is 5.32 Å². The molecule has 0 aromatic heterocycles. The maximum absolute atomic E-state index is 13.6. The van der Waals surface area contributed by atoms with E-state index in [0.717, 1.165) is 0 Å². The minimum absolute atomic E-state index is 0.00648. The number of ether oxygens (including phenoxy) is 2. The molecule has 2 aromatic carbocycles. The second kappa shape index (κ2) is 16.0. The molecule has 3 unspecified atom stereocenters. The van der Waals surface area contributed by atoms with Gasteiger partial charge in [-0.1, -0.05) is 12.1 Å². The van der Waals surface area contributed by atoms with Crippen molar-refractivity contribution < 1.29 is 43.6 Å². The number of rotatable bonds is 14. The molecular weight excluding hydrogens is 662 g/mol. The van der Waals surface area contributed by atoms with Crippen molar-refractivity contribution in [2.24, 2.45) is 0 Å². The molecule has 0 saturated heterocycles. The number of aliphatic hydroxyl groups is 3. The second-order valence-corrected chi connectivity index (χ2v) is 11.1. The lowest BCUT2D eigenvalue weighted by molar-refractivity contribution is -0.139. The molecule has 42 heavy (non-hydrogen) atoms. The van der Waals surface area contributed by atoms with Gasteiger partial charge >= 0.3 is 0 Å². The van der Waals surface area contributed by atoms with Crippen LogP contribution in [0.1, 0.15) is 43.7 Å². The zero-order valence-electron chi connectivity index (χ0n) is 23.5. The van der Waals surface area contributed by atoms with Gasteiger partial charge in [-0.05, 0) is 77.4 Å². The summed E-state index contributed by atoms with van der Waals surface area (Å²) < 4.78 is 25.9. The standard InChI is InChI=1S/C30H36FIN2O8/c1-18(37)4-3-5-27(38)34(16-19-6-8-22(31)9-7-19)24-14-21(30(40)33-10-11-35)15-25(28(24)39)42-29-23(32)12-20(17-36)13-26(29)41-2/h6-9,12-13,15,24-25,28,35-36,39H,3-5,10-11,14,16-17H2,1-2H3,(H,33,40). The summed E-state index contributed by atoms with van der Waals surface area (Å²) in [7, 11) is 1.44. The smallest absolute Gasteiger partial charge is 0.247 e. The monoisotopic (exact) mass is 698 g/mol. The highest BCUT2D eigenvalue weighted by molar-refractivity contribution is 14.1. The molecule has 1 aliphatic carbocycles. The molecule has 0 saturated carbocycles. The molecule has 0 spiro atoms. The Morgan fingerprint density at radius 2 is 1.83 bits per heavy atom. The Kier molecular flexibility index (Phi) is 12.7. The van der Waals surface area contributed by atoms with Gasteiger partial charge in [-0.25, -0.2) is 4.39 Å². The summed E-state index contributed by atoms with van der Waals surface area (Å²) in [4.78, 5) is 39.6. The van der Waals surface area contributed by atoms with E-state index in [-0.39, 0.29) is 68.6 Å². The van der Waals surface area contributed by atoms with Crippen LogP contribution in [-0.4, -0.2) is 76.3 Å². The molecule has 0 fully saturated rings. The first-order valence-corrected chi connectivity index (χ1v) is 14.6. The lowest BCUT2D eigenvalue weighted by Gasteiger charge is -2.41. The molecule has 1 aliphatic rings. The van der Waals surface area contributed by atoms with Crippen LogP contribution in [0.15, 0.2) is 48.0 Å². The number of amides is 2. The van der Waals surface area contributed by atoms with Crippen molar-refractivity contribution in [3.8, 4) is 11.5 Å². The Bertz CT molecular complexity index is 1290. The average Bonchev–Trinajstić information content (AvgIpc) is 2.97. The van der Waals surface area contributed by atoms with Crippen LogP contribution in [0, 0.1) is 9.39 Å². The number of nitrogens with one attached hydrogen (secondary N) is 1. The fraction of sp³-hybridized carbons (Fsp3) is 0.433. The molecule has 0 bridgehead atoms. The van der Waals surface area contributed by atoms with Crippen LogP contribution in [0.25, 0.3) is 0 Å². The van der Waals surface area contributed by atoms with Crippen LogP contribution in [0.4, 0.5) is 4.39 Å². The normalized spacial score (nSPS) is 18.2. The first-order chi connectivity index (χ1) is 20.1. The summed E-state index contributed by atoms with van der Waals surface area (Å²) in [5.41, 5.74) is 1.44. The maximum Gasteiger partial charge on any atom is 0.247 e. The second-order valence-electron chi connectivity index (χ2n) is 9.99. The van der Waals surface area contributed by atoms with Gasteiger partial charge in [-0.15, -0.1) is 0 Å². The molecule has 10 nitrogen and oxygen atoms in total. The van der Waals surface area contributed by atoms with E-state index >= 15 is 0 Å². The van der Waals surface area contributed by atoms with Gasteiger partial charge in [0, 0.05) is 37.9 Å². The van der Waals surface area contributed by atoms with Gasteiger partial charge in [0.15, 0.2) is 11.5 Å². The highest BCUT2D eigenvalue weighted by atomic mass is 127. The third-order valence-corrected chi connectivity index (χ3v) is 7.65. The number of nitrogens with zero attached hydrogens (tertiary/aromatic N) is 1. The van der Waals surface area contributed by atoms with Gasteiger partial charge in [-0.3, -0.25) is 9.59 Å². The number of aliphatic hydroxyl groups excluding tert-OH is 3. The summed E-state index contributed by atoms with van der Waals surface area (Å²) in [6.07, 6.45) is -0.375. The summed E-state index contributed by atoms with van der Waals surface area (Å²) >= 11 is 2.02. The van der Waals surface area contributed by atoms with E-state index in [0.29, 0.717) is 26.9 Å². The number of methoxy groups -OCH3 is 1. The van der Waals surface area contributed by atoms with Crippen molar-refractivity contribution in [1.29, 1.82) is 0 Å². The summed E-state index contributed by atoms with van der Waals surface area (Å²) in [6, 6.07) is 7.99. The van der Waals surface area contributed by atoms with Crippen molar-refractivity contribution >= 4 is 40.2 Å². The van der Waals surface area contributed by atoms with Crippen LogP contribution in [0.3, 0.4) is 0 Å². The SMILES string of the molecule is COc1cc(CO)cc(I)c1OC1C=C(C(=O)NCCO)CC(N(Cc2ccc(F)cc2)C(=O)CCCC(C)=O)C1O. The molecule has 3 atom stereocenters. The zero-order valence-corrected chi connectivity index (χ0v) is 25.7. The van der Waals surface area contributed by atoms with Crippen molar-refractivity contribution in [2.45, 2.75) is 64.0 Å². The number of Topliss-reactive ketones (excluding diaryl/α,β-unsaturated/α-hetero) is 1. The predicted molar refractivity (Wildman–Crippen MR) is 160 cm³/mol. The Labute approximate surface area is 257 Å². The van der Waals surface area contributed by atoms with Crippen LogP contribution < -0.4 is 14.8 Å². The summed E-state index contributed by atoms with van der Waals surface area (Å²) in [6.45, 7) is 0.971. The molecule has 0 aliphatic heterocycles. The van der Waals surface area contributed by atoms with Gasteiger partial charge in [0.2, 0.25) is 11.8 Å². The van der Waals surface area contributed by atoms with Crippen molar-refractivity contribution in [2.75, 3.05) is 20.3 Å². The van der Waals surface area contributed by atoms with E-state index in [1.807, 2.05) is 22.6 Å². The molecular formula is C30H36FIN2O8. The van der Waals surface area contributed by atoms with Crippen LogP contribution >= 0.6 is 22.6 Å². The number of halogens is 2. The van der Waals surface area contributed by atoms with Crippen LogP contribution in [0.2, 0.25) is 0 Å². The number of carbonyl (C=O) groups is 3. The Balaban J connectivity index is 2.02. The number of ketones is 1. The van der Waals surface area contributed by atoms with E-state index in [1.54, 1.807) is 12.1 Å². The van der Waals surface area contributed by atoms with Crippen LogP contribution in [-0.2, 0) is 27.5 Å². The number of hydrogen-bond acceptors (Lipinski definition) is 8. The molecule has 0 radical (unpaired) electrons. The predicted octanol–water partition coefficient (Wildman–Crippen LogP) is 2.63. The minimum atomic E-state index is -1.30. The summed E-state index contributed by atoms with van der Waals surface area (Å²) in [5.74, 6) is -0.739. The fourth-order valence-electron chi connectivity index (χ4n) is 4.70. The van der Waals surface area contributed by atoms with Gasteiger partial charge in [0.25, 0.3) is 0 Å². The van der Waals surface area contributed by atoms with Crippen molar-refractivity contribution in [1.82, 2.24) is 10.2 Å². The van der Waals surface area contributed by atoms with Gasteiger partial charge in [-0.2, -0.15) is 0 Å². The van der Waals surface area contributed by atoms with Gasteiger partial charge < -0.3 is 39.8 Å². The maximum atomic E-state index is 13.6. The fourth-order valence-corrected chi connectivity index (χ4v) is 5.50. The zero-order chi connectivity index (χ0) is 30.8. The quantitative estimate of drug-likeness (QED) is 0.221. The van der Waals surface area contributed by atoms with E-state index in [1.165, 1.54) is 49.3 Å². The highest BCUT2D eigenvalue weighted by Crippen LogP contribution is 2.37. The highest BCUT2D eigenvalue weighted by Gasteiger charge is 2.41. The van der Waals surface area contributed by atoms with E-state index in [9.17, 15) is 34.1 Å². The number of benzene rings is 2. The molecule has 12 heteroatoms. The molecule has 0 heterocycles. The minimum Gasteiger partial charge on any atom is -0.493 e. The van der Waals surface area contributed by atoms with Crippen LogP contribution in [0.5, 0.6) is 11.5 Å². The topological polar surface area (TPSA) is 146 Å². The molecule has 3 rings (SSSR count). The average molecular weight is 699 g/mol. The lowest BCUT2D eigenvalue weighted by atomic mass is 9.87. The molecule has 2 amide bonds. The van der Waals surface area contributed by atoms with Gasteiger partial charge in [0.05, 0.1) is 29.9 Å². The van der Waals surface area contributed by atoms with E-state index in [4.69, 9.17) is 9.47 Å². The number of carbonyl (C=O) groups excluding carboxylic acids is 3. The Morgan fingerprint density at radius 1 is 1.12 bits per heavy atom. The molecule has 2 aromatic rings. The third-order valence-electron chi connectivity index (χ3n) is 6.85. The van der Waals surface area contributed by atoms with Crippen molar-refractivity contribution in [3.63, 3.8) is 0 Å². The first-order valence-electron chi connectivity index (χ1n) is 13.5. The first kappa shape index (κ1) is 33.4.